The number of piperazine rings is 1. The molecular formula is C26H26FN7O2. The number of hydrogen-bond donors (Lipinski definition) is 0. The highest BCUT2D eigenvalue weighted by Crippen LogP contribution is 2.24. The van der Waals surface area contributed by atoms with Crippen molar-refractivity contribution in [2.75, 3.05) is 38.2 Å². The van der Waals surface area contributed by atoms with E-state index in [1.165, 1.54) is 12.4 Å². The molecule has 0 atom stereocenters. The zero-order chi connectivity index (χ0) is 25.1. The lowest BCUT2D eigenvalue weighted by molar-refractivity contribution is -0.132. The van der Waals surface area contributed by atoms with E-state index in [0.717, 1.165) is 11.4 Å². The third kappa shape index (κ3) is 4.88. The maximum atomic E-state index is 13.8. The van der Waals surface area contributed by atoms with E-state index in [1.807, 2.05) is 35.2 Å². The van der Waals surface area contributed by atoms with E-state index in [0.29, 0.717) is 54.8 Å². The van der Waals surface area contributed by atoms with Gasteiger partial charge in [0.15, 0.2) is 11.6 Å². The number of nitrogens with zero attached hydrogens (tertiary/aromatic N) is 7. The number of benzene rings is 2. The summed E-state index contributed by atoms with van der Waals surface area (Å²) in [5.74, 6) is 2.00. The van der Waals surface area contributed by atoms with Crippen molar-refractivity contribution in [2.24, 2.45) is 0 Å². The van der Waals surface area contributed by atoms with Crippen molar-refractivity contribution in [1.29, 1.82) is 0 Å². The Morgan fingerprint density at radius 2 is 1.78 bits per heavy atom. The van der Waals surface area contributed by atoms with E-state index in [2.05, 4.69) is 20.0 Å². The Morgan fingerprint density at radius 1 is 1.00 bits per heavy atom. The van der Waals surface area contributed by atoms with Gasteiger partial charge in [0.05, 0.1) is 7.11 Å². The van der Waals surface area contributed by atoms with Crippen molar-refractivity contribution in [2.45, 2.75) is 13.5 Å². The molecule has 1 fully saturated rings. The molecule has 3 heterocycles. The summed E-state index contributed by atoms with van der Waals surface area (Å²) in [6.45, 7) is 4.17. The van der Waals surface area contributed by atoms with E-state index in [1.54, 1.807) is 36.9 Å². The summed E-state index contributed by atoms with van der Waals surface area (Å²) in [4.78, 5) is 30.3. The SMILES string of the molecule is COc1cc(N2CCN(C(=O)Cn3nc(-c4ccc(F)c(C)c4)nc3-c3ccccc3)CC2)ncn1. The molecule has 1 amide bonds. The van der Waals surface area contributed by atoms with Gasteiger partial charge in [-0.25, -0.2) is 24.0 Å². The maximum Gasteiger partial charge on any atom is 0.244 e. The van der Waals surface area contributed by atoms with Gasteiger partial charge < -0.3 is 14.5 Å². The molecule has 2 aromatic carbocycles. The standard InChI is InChI=1S/C26H26FN7O2/c1-18-14-20(8-9-21(18)27)25-30-26(19-6-4-3-5-7-19)34(31-25)16-24(35)33-12-10-32(11-13-33)22-15-23(36-2)29-17-28-22/h3-9,14-15,17H,10-13,16H2,1-2H3. The van der Waals surface area contributed by atoms with Gasteiger partial charge >= 0.3 is 0 Å². The van der Waals surface area contributed by atoms with Crippen LogP contribution in [0.15, 0.2) is 60.9 Å². The van der Waals surface area contributed by atoms with Crippen molar-refractivity contribution in [1.82, 2.24) is 29.6 Å². The molecule has 0 unspecified atom stereocenters. The largest absolute Gasteiger partial charge is 0.481 e. The molecule has 0 saturated carbocycles. The normalized spacial score (nSPS) is 13.6. The van der Waals surface area contributed by atoms with Crippen LogP contribution < -0.4 is 9.64 Å². The Morgan fingerprint density at radius 3 is 2.50 bits per heavy atom. The molecule has 0 radical (unpaired) electrons. The highest BCUT2D eigenvalue weighted by Gasteiger charge is 2.24. The molecule has 36 heavy (non-hydrogen) atoms. The molecule has 0 N–H and O–H groups in total. The number of ether oxygens (including phenoxy) is 1. The second-order valence-corrected chi connectivity index (χ2v) is 8.53. The highest BCUT2D eigenvalue weighted by atomic mass is 19.1. The van der Waals surface area contributed by atoms with Crippen LogP contribution in [-0.4, -0.2) is 68.8 Å². The molecule has 184 valence electrons. The van der Waals surface area contributed by atoms with Gasteiger partial charge in [-0.05, 0) is 30.7 Å². The van der Waals surface area contributed by atoms with Crippen LogP contribution >= 0.6 is 0 Å². The van der Waals surface area contributed by atoms with Crippen LogP contribution in [0.3, 0.4) is 0 Å². The van der Waals surface area contributed by atoms with Gasteiger partial charge in [0, 0.05) is 43.4 Å². The minimum Gasteiger partial charge on any atom is -0.481 e. The smallest absolute Gasteiger partial charge is 0.244 e. The Hall–Kier alpha value is -4.34. The molecule has 2 aromatic heterocycles. The van der Waals surface area contributed by atoms with E-state index >= 15 is 0 Å². The minimum absolute atomic E-state index is 0.0427. The van der Waals surface area contributed by atoms with E-state index in [4.69, 9.17) is 9.72 Å². The molecule has 1 aliphatic rings. The molecule has 5 rings (SSSR count). The van der Waals surface area contributed by atoms with Gasteiger partial charge in [-0.3, -0.25) is 4.79 Å². The average molecular weight is 488 g/mol. The second-order valence-electron chi connectivity index (χ2n) is 8.53. The van der Waals surface area contributed by atoms with Crippen molar-refractivity contribution in [3.63, 3.8) is 0 Å². The molecule has 4 aromatic rings. The van der Waals surface area contributed by atoms with Crippen molar-refractivity contribution >= 4 is 11.7 Å². The number of rotatable bonds is 6. The first-order chi connectivity index (χ1) is 17.5. The number of halogens is 1. The summed E-state index contributed by atoms with van der Waals surface area (Å²) < 4.78 is 20.6. The fourth-order valence-electron chi connectivity index (χ4n) is 4.19. The molecule has 0 bridgehead atoms. The van der Waals surface area contributed by atoms with Gasteiger partial charge in [0.1, 0.15) is 24.5 Å². The van der Waals surface area contributed by atoms with Gasteiger partial charge in [-0.15, -0.1) is 5.10 Å². The Kier molecular flexibility index (Phi) is 6.57. The Labute approximate surface area is 208 Å². The second kappa shape index (κ2) is 10.1. The zero-order valence-electron chi connectivity index (χ0n) is 20.1. The molecular weight excluding hydrogens is 461 g/mol. The van der Waals surface area contributed by atoms with Crippen LogP contribution in [0.1, 0.15) is 5.56 Å². The Balaban J connectivity index is 1.34. The lowest BCUT2D eigenvalue weighted by Crippen LogP contribution is -2.50. The van der Waals surface area contributed by atoms with Crippen LogP contribution in [0.5, 0.6) is 5.88 Å². The number of carbonyl (C=O) groups is 1. The summed E-state index contributed by atoms with van der Waals surface area (Å²) in [5, 5.41) is 4.64. The minimum atomic E-state index is -0.281. The summed E-state index contributed by atoms with van der Waals surface area (Å²) >= 11 is 0. The predicted octanol–water partition coefficient (Wildman–Crippen LogP) is 3.21. The lowest BCUT2D eigenvalue weighted by atomic mass is 10.1. The van der Waals surface area contributed by atoms with Crippen LogP contribution in [0.25, 0.3) is 22.8 Å². The number of anilines is 1. The average Bonchev–Trinajstić information content (AvgIpc) is 3.34. The number of aryl methyl sites for hydroxylation is 1. The quantitative estimate of drug-likeness (QED) is 0.413. The highest BCUT2D eigenvalue weighted by molar-refractivity contribution is 5.77. The Bertz CT molecular complexity index is 1370. The number of hydrogen-bond acceptors (Lipinski definition) is 7. The van der Waals surface area contributed by atoms with Gasteiger partial charge in [0.2, 0.25) is 11.8 Å². The van der Waals surface area contributed by atoms with E-state index < -0.39 is 0 Å². The summed E-state index contributed by atoms with van der Waals surface area (Å²) in [5.41, 5.74) is 2.07. The first-order valence-corrected chi connectivity index (χ1v) is 11.7. The number of methoxy groups -OCH3 is 1. The molecule has 9 nitrogen and oxygen atoms in total. The topological polar surface area (TPSA) is 89.3 Å². The van der Waals surface area contributed by atoms with Gasteiger partial charge in [0.25, 0.3) is 0 Å². The number of carbonyl (C=O) groups excluding carboxylic acids is 1. The predicted molar refractivity (Wildman–Crippen MR) is 133 cm³/mol. The van der Waals surface area contributed by atoms with Crippen LogP contribution in [0, 0.1) is 12.7 Å². The van der Waals surface area contributed by atoms with E-state index in [-0.39, 0.29) is 18.3 Å². The monoisotopic (exact) mass is 487 g/mol. The van der Waals surface area contributed by atoms with E-state index in [9.17, 15) is 9.18 Å². The molecule has 1 aliphatic heterocycles. The molecule has 1 saturated heterocycles. The fourth-order valence-corrected chi connectivity index (χ4v) is 4.19. The first-order valence-electron chi connectivity index (χ1n) is 11.7. The van der Waals surface area contributed by atoms with Crippen LogP contribution in [0.2, 0.25) is 0 Å². The molecule has 10 heteroatoms. The van der Waals surface area contributed by atoms with Crippen molar-refractivity contribution < 1.29 is 13.9 Å². The summed E-state index contributed by atoms with van der Waals surface area (Å²) in [6.07, 6.45) is 1.47. The zero-order valence-corrected chi connectivity index (χ0v) is 20.1. The van der Waals surface area contributed by atoms with Crippen molar-refractivity contribution in [3.05, 3.63) is 72.3 Å². The lowest BCUT2D eigenvalue weighted by Gasteiger charge is -2.35. The summed E-state index contributed by atoms with van der Waals surface area (Å²) in [6, 6.07) is 16.2. The van der Waals surface area contributed by atoms with Crippen LogP contribution in [-0.2, 0) is 11.3 Å². The first kappa shape index (κ1) is 23.4. The molecule has 0 spiro atoms. The third-order valence-electron chi connectivity index (χ3n) is 6.20. The number of amides is 1. The van der Waals surface area contributed by atoms with Gasteiger partial charge in [-0.2, -0.15) is 0 Å². The van der Waals surface area contributed by atoms with Gasteiger partial charge in [-0.1, -0.05) is 30.3 Å². The fraction of sp³-hybridized carbons (Fsp3) is 0.269. The summed E-state index contributed by atoms with van der Waals surface area (Å²) in [7, 11) is 1.57. The third-order valence-corrected chi connectivity index (χ3v) is 6.20. The van der Waals surface area contributed by atoms with Crippen LogP contribution in [0.4, 0.5) is 10.2 Å². The molecule has 0 aliphatic carbocycles. The van der Waals surface area contributed by atoms with Crippen molar-refractivity contribution in [3.8, 4) is 28.7 Å². The number of aromatic nitrogens is 5. The maximum absolute atomic E-state index is 13.8.